The third-order valence-electron chi connectivity index (χ3n) is 2.05. The number of nitrogens with two attached hydrogens (primary N) is 1. The number of hydrogen-bond acceptors (Lipinski definition) is 4. The molecule has 0 aliphatic carbocycles. The van der Waals surface area contributed by atoms with Crippen LogP contribution in [0.2, 0.25) is 0 Å². The van der Waals surface area contributed by atoms with Gasteiger partial charge in [-0.3, -0.25) is 4.68 Å². The smallest absolute Gasteiger partial charge is 0.167 e. The van der Waals surface area contributed by atoms with Gasteiger partial charge in [0.2, 0.25) is 0 Å². The Hall–Kier alpha value is -1.76. The standard InChI is InChI=1S/C8H10N6S/c1-13-6(11-5-12-13)4-14-3-2-10-8(14)7(9)15/h2-3,5H,4H2,1H3,(H2,9,15). The molecule has 6 nitrogen and oxygen atoms in total. The van der Waals surface area contributed by atoms with Crippen molar-refractivity contribution in [2.24, 2.45) is 12.8 Å². The maximum Gasteiger partial charge on any atom is 0.167 e. The van der Waals surface area contributed by atoms with E-state index in [4.69, 9.17) is 18.0 Å². The van der Waals surface area contributed by atoms with Crippen molar-refractivity contribution in [3.8, 4) is 0 Å². The van der Waals surface area contributed by atoms with E-state index in [0.717, 1.165) is 5.82 Å². The highest BCUT2D eigenvalue weighted by Gasteiger charge is 2.08. The summed E-state index contributed by atoms with van der Waals surface area (Å²) in [6.45, 7) is 0.559. The van der Waals surface area contributed by atoms with Gasteiger partial charge < -0.3 is 10.3 Å². The molecule has 7 heteroatoms. The van der Waals surface area contributed by atoms with E-state index in [-0.39, 0.29) is 4.99 Å². The van der Waals surface area contributed by atoms with Gasteiger partial charge in [0.25, 0.3) is 0 Å². The summed E-state index contributed by atoms with van der Waals surface area (Å²) in [5, 5.41) is 3.98. The van der Waals surface area contributed by atoms with Gasteiger partial charge in [0, 0.05) is 19.4 Å². The van der Waals surface area contributed by atoms with Gasteiger partial charge in [-0.2, -0.15) is 5.10 Å². The molecule has 2 N–H and O–H groups in total. The fraction of sp³-hybridized carbons (Fsp3) is 0.250. The van der Waals surface area contributed by atoms with Gasteiger partial charge in [0.15, 0.2) is 5.82 Å². The molecule has 0 aliphatic rings. The molecule has 0 spiro atoms. The normalized spacial score (nSPS) is 10.5. The van der Waals surface area contributed by atoms with Crippen molar-refractivity contribution in [2.45, 2.75) is 6.54 Å². The topological polar surface area (TPSA) is 74.5 Å². The van der Waals surface area contributed by atoms with E-state index in [1.807, 2.05) is 17.8 Å². The average Bonchev–Trinajstić information content (AvgIpc) is 2.77. The Morgan fingerprint density at radius 1 is 1.53 bits per heavy atom. The average molecular weight is 222 g/mol. The Labute approximate surface area is 91.7 Å². The Balaban J connectivity index is 2.28. The SMILES string of the molecule is Cn1ncnc1Cn1ccnc1C(N)=S. The number of aromatic nitrogens is 5. The molecule has 0 amide bonds. The molecule has 0 bridgehead atoms. The zero-order valence-corrected chi connectivity index (χ0v) is 8.98. The Kier molecular flexibility index (Phi) is 2.46. The van der Waals surface area contributed by atoms with Crippen LogP contribution in [0, 0.1) is 0 Å². The third kappa shape index (κ3) is 1.86. The first kappa shape index (κ1) is 9.78. The van der Waals surface area contributed by atoms with Gasteiger partial charge in [0.1, 0.15) is 17.1 Å². The van der Waals surface area contributed by atoms with Crippen LogP contribution < -0.4 is 5.73 Å². The van der Waals surface area contributed by atoms with Crippen molar-refractivity contribution in [1.29, 1.82) is 0 Å². The first-order valence-corrected chi connectivity index (χ1v) is 4.73. The highest BCUT2D eigenvalue weighted by Crippen LogP contribution is 2.01. The molecule has 0 radical (unpaired) electrons. The van der Waals surface area contributed by atoms with Gasteiger partial charge in [-0.1, -0.05) is 12.2 Å². The van der Waals surface area contributed by atoms with Crippen LogP contribution in [-0.2, 0) is 13.6 Å². The van der Waals surface area contributed by atoms with Crippen LogP contribution in [0.1, 0.15) is 11.6 Å². The number of hydrogen-bond donors (Lipinski definition) is 1. The van der Waals surface area contributed by atoms with Gasteiger partial charge >= 0.3 is 0 Å². The minimum Gasteiger partial charge on any atom is -0.387 e. The van der Waals surface area contributed by atoms with Crippen LogP contribution in [0.3, 0.4) is 0 Å². The summed E-state index contributed by atoms with van der Waals surface area (Å²) in [6, 6.07) is 0. The lowest BCUT2D eigenvalue weighted by molar-refractivity contribution is 0.651. The molecule has 15 heavy (non-hydrogen) atoms. The molecule has 0 unspecified atom stereocenters. The van der Waals surface area contributed by atoms with Gasteiger partial charge in [-0.05, 0) is 0 Å². The van der Waals surface area contributed by atoms with E-state index in [1.54, 1.807) is 10.9 Å². The molecule has 2 heterocycles. The van der Waals surface area contributed by atoms with Crippen LogP contribution in [0.25, 0.3) is 0 Å². The fourth-order valence-electron chi connectivity index (χ4n) is 1.28. The summed E-state index contributed by atoms with van der Waals surface area (Å²) in [4.78, 5) is 8.46. The van der Waals surface area contributed by atoms with Crippen LogP contribution in [-0.4, -0.2) is 29.3 Å². The van der Waals surface area contributed by atoms with Crippen molar-refractivity contribution < 1.29 is 0 Å². The van der Waals surface area contributed by atoms with E-state index in [2.05, 4.69) is 15.1 Å². The Morgan fingerprint density at radius 3 is 2.93 bits per heavy atom. The van der Waals surface area contributed by atoms with Gasteiger partial charge in [-0.25, -0.2) is 9.97 Å². The van der Waals surface area contributed by atoms with Crippen molar-refractivity contribution in [3.05, 3.63) is 30.4 Å². The second-order valence-electron chi connectivity index (χ2n) is 3.04. The van der Waals surface area contributed by atoms with Crippen molar-refractivity contribution in [3.63, 3.8) is 0 Å². The number of aryl methyl sites for hydroxylation is 1. The van der Waals surface area contributed by atoms with E-state index in [9.17, 15) is 0 Å². The highest BCUT2D eigenvalue weighted by atomic mass is 32.1. The van der Waals surface area contributed by atoms with Gasteiger partial charge in [-0.15, -0.1) is 0 Å². The Bertz CT molecular complexity index is 485. The summed E-state index contributed by atoms with van der Waals surface area (Å²) in [7, 11) is 1.83. The second-order valence-corrected chi connectivity index (χ2v) is 3.48. The molecule has 0 atom stereocenters. The number of thiocarbonyl (C=S) groups is 1. The largest absolute Gasteiger partial charge is 0.387 e. The minimum absolute atomic E-state index is 0.280. The maximum absolute atomic E-state index is 5.53. The molecule has 2 rings (SSSR count). The minimum atomic E-state index is 0.280. The van der Waals surface area contributed by atoms with Crippen molar-refractivity contribution >= 4 is 17.2 Å². The number of imidazole rings is 1. The summed E-state index contributed by atoms with van der Waals surface area (Å²) < 4.78 is 3.54. The van der Waals surface area contributed by atoms with Crippen LogP contribution >= 0.6 is 12.2 Å². The molecular weight excluding hydrogens is 212 g/mol. The summed E-state index contributed by atoms with van der Waals surface area (Å²) >= 11 is 4.88. The summed E-state index contributed by atoms with van der Waals surface area (Å²) in [6.07, 6.45) is 4.97. The molecule has 0 saturated carbocycles. The quantitative estimate of drug-likeness (QED) is 0.721. The lowest BCUT2D eigenvalue weighted by Crippen LogP contribution is -2.18. The molecule has 78 valence electrons. The zero-order valence-electron chi connectivity index (χ0n) is 8.16. The molecule has 2 aromatic heterocycles. The lowest BCUT2D eigenvalue weighted by Gasteiger charge is -2.05. The third-order valence-corrected chi connectivity index (χ3v) is 2.24. The van der Waals surface area contributed by atoms with E-state index in [1.165, 1.54) is 6.33 Å². The molecule has 2 aromatic rings. The zero-order chi connectivity index (χ0) is 10.8. The van der Waals surface area contributed by atoms with E-state index < -0.39 is 0 Å². The predicted octanol–water partition coefficient (Wildman–Crippen LogP) is -0.306. The molecule has 0 fully saturated rings. The van der Waals surface area contributed by atoms with Crippen molar-refractivity contribution in [2.75, 3.05) is 0 Å². The first-order chi connectivity index (χ1) is 7.18. The van der Waals surface area contributed by atoms with Crippen LogP contribution in [0.5, 0.6) is 0 Å². The molecule has 0 aromatic carbocycles. The lowest BCUT2D eigenvalue weighted by atomic mass is 10.5. The highest BCUT2D eigenvalue weighted by molar-refractivity contribution is 7.80. The fourth-order valence-corrected chi connectivity index (χ4v) is 1.45. The molecular formula is C8H10N6S. The second kappa shape index (κ2) is 3.77. The van der Waals surface area contributed by atoms with E-state index >= 15 is 0 Å². The molecule has 0 aliphatic heterocycles. The molecule has 0 saturated heterocycles. The van der Waals surface area contributed by atoms with Gasteiger partial charge in [0.05, 0.1) is 6.54 Å². The number of nitrogens with zero attached hydrogens (tertiary/aromatic N) is 5. The van der Waals surface area contributed by atoms with Crippen LogP contribution in [0.4, 0.5) is 0 Å². The number of rotatable bonds is 3. The maximum atomic E-state index is 5.53. The first-order valence-electron chi connectivity index (χ1n) is 4.32. The van der Waals surface area contributed by atoms with Crippen molar-refractivity contribution in [1.82, 2.24) is 24.3 Å². The monoisotopic (exact) mass is 222 g/mol. The summed E-state index contributed by atoms with van der Waals surface area (Å²) in [5.74, 6) is 1.42. The van der Waals surface area contributed by atoms with Crippen LogP contribution in [0.15, 0.2) is 18.7 Å². The Morgan fingerprint density at radius 2 is 2.33 bits per heavy atom. The summed E-state index contributed by atoms with van der Waals surface area (Å²) in [5.41, 5.74) is 5.53. The van der Waals surface area contributed by atoms with E-state index in [0.29, 0.717) is 12.4 Å². The predicted molar refractivity (Wildman–Crippen MR) is 58.2 cm³/mol.